The van der Waals surface area contributed by atoms with Gasteiger partial charge in [-0.2, -0.15) is 0 Å². The van der Waals surface area contributed by atoms with E-state index in [1.807, 2.05) is 31.2 Å². The number of carboxylic acid groups (broad SMARTS) is 1. The van der Waals surface area contributed by atoms with Crippen molar-refractivity contribution in [3.63, 3.8) is 0 Å². The summed E-state index contributed by atoms with van der Waals surface area (Å²) in [5.74, 6) is -2.40. The van der Waals surface area contributed by atoms with Gasteiger partial charge in [-0.1, -0.05) is 35.9 Å². The molecule has 1 atom stereocenters. The molecule has 3 N–H and O–H groups in total. The topological polar surface area (TPSA) is 95.5 Å². The zero-order valence-electron chi connectivity index (χ0n) is 14.8. The average Bonchev–Trinajstić information content (AvgIpc) is 2.64. The molecular formula is C20H22N2O4. The molecule has 0 fully saturated rings. The Kier molecular flexibility index (Phi) is 6.49. The van der Waals surface area contributed by atoms with Crippen LogP contribution in [-0.4, -0.2) is 36.5 Å². The van der Waals surface area contributed by atoms with Crippen LogP contribution < -0.4 is 10.6 Å². The predicted molar refractivity (Wildman–Crippen MR) is 98.2 cm³/mol. The van der Waals surface area contributed by atoms with Crippen molar-refractivity contribution in [1.29, 1.82) is 0 Å². The normalized spacial score (nSPS) is 11.5. The third-order valence-electron chi connectivity index (χ3n) is 4.04. The van der Waals surface area contributed by atoms with Crippen molar-refractivity contribution < 1.29 is 19.5 Å². The lowest BCUT2D eigenvalue weighted by Gasteiger charge is -2.14. The zero-order chi connectivity index (χ0) is 19.1. The second-order valence-electron chi connectivity index (χ2n) is 6.10. The fourth-order valence-electron chi connectivity index (χ4n) is 2.63. The molecule has 0 aliphatic heterocycles. The third-order valence-corrected chi connectivity index (χ3v) is 4.04. The Hall–Kier alpha value is -3.15. The first-order valence-corrected chi connectivity index (χ1v) is 8.29. The SMILES string of the molecule is CNC(=O)c1cccc(C(=O)NCC(Cc2cccc(C)c2)C(=O)O)c1. The molecular weight excluding hydrogens is 332 g/mol. The summed E-state index contributed by atoms with van der Waals surface area (Å²) in [6, 6.07) is 13.9. The van der Waals surface area contributed by atoms with Crippen LogP contribution in [0.5, 0.6) is 0 Å². The summed E-state index contributed by atoms with van der Waals surface area (Å²) in [5, 5.41) is 14.6. The van der Waals surface area contributed by atoms with E-state index in [0.717, 1.165) is 11.1 Å². The maximum absolute atomic E-state index is 12.3. The van der Waals surface area contributed by atoms with Gasteiger partial charge in [-0.05, 0) is 37.1 Å². The fraction of sp³-hybridized carbons (Fsp3) is 0.250. The molecule has 0 heterocycles. The molecule has 136 valence electrons. The number of aliphatic carboxylic acids is 1. The smallest absolute Gasteiger partial charge is 0.308 e. The molecule has 0 radical (unpaired) electrons. The molecule has 6 heteroatoms. The highest BCUT2D eigenvalue weighted by Crippen LogP contribution is 2.12. The summed E-state index contributed by atoms with van der Waals surface area (Å²) >= 11 is 0. The molecule has 0 bridgehead atoms. The van der Waals surface area contributed by atoms with E-state index in [4.69, 9.17) is 0 Å². The van der Waals surface area contributed by atoms with Gasteiger partial charge in [0.1, 0.15) is 0 Å². The van der Waals surface area contributed by atoms with E-state index in [-0.39, 0.29) is 12.5 Å². The van der Waals surface area contributed by atoms with Crippen molar-refractivity contribution >= 4 is 17.8 Å². The van der Waals surface area contributed by atoms with Crippen LogP contribution in [-0.2, 0) is 11.2 Å². The van der Waals surface area contributed by atoms with Crippen molar-refractivity contribution in [3.05, 3.63) is 70.8 Å². The summed E-state index contributed by atoms with van der Waals surface area (Å²) in [5.41, 5.74) is 2.65. The van der Waals surface area contributed by atoms with Crippen LogP contribution in [0.4, 0.5) is 0 Å². The number of carboxylic acids is 1. The van der Waals surface area contributed by atoms with Gasteiger partial charge < -0.3 is 15.7 Å². The van der Waals surface area contributed by atoms with Crippen LogP contribution in [0.25, 0.3) is 0 Å². The fourth-order valence-corrected chi connectivity index (χ4v) is 2.63. The lowest BCUT2D eigenvalue weighted by atomic mass is 9.98. The molecule has 26 heavy (non-hydrogen) atoms. The molecule has 0 aromatic heterocycles. The summed E-state index contributed by atoms with van der Waals surface area (Å²) in [4.78, 5) is 35.5. The Morgan fingerprint density at radius 3 is 2.27 bits per heavy atom. The third kappa shape index (κ3) is 5.17. The van der Waals surface area contributed by atoms with Crippen LogP contribution in [0.2, 0.25) is 0 Å². The molecule has 0 spiro atoms. The molecule has 0 aliphatic rings. The molecule has 2 amide bonds. The number of aryl methyl sites for hydroxylation is 1. The van der Waals surface area contributed by atoms with Crippen LogP contribution in [0.1, 0.15) is 31.8 Å². The highest BCUT2D eigenvalue weighted by molar-refractivity contribution is 5.99. The number of hydrogen-bond donors (Lipinski definition) is 3. The Bertz CT molecular complexity index is 817. The standard InChI is InChI=1S/C20H22N2O4/c1-13-5-3-6-14(9-13)10-17(20(25)26)12-22-19(24)16-8-4-7-15(11-16)18(23)21-2/h3-9,11,17H,10,12H2,1-2H3,(H,21,23)(H,22,24)(H,25,26). The van der Waals surface area contributed by atoms with Crippen LogP contribution in [0.15, 0.2) is 48.5 Å². The van der Waals surface area contributed by atoms with E-state index in [1.165, 1.54) is 13.1 Å². The Morgan fingerprint density at radius 2 is 1.65 bits per heavy atom. The summed E-state index contributed by atoms with van der Waals surface area (Å²) in [6.07, 6.45) is 0.329. The summed E-state index contributed by atoms with van der Waals surface area (Å²) < 4.78 is 0. The highest BCUT2D eigenvalue weighted by atomic mass is 16.4. The molecule has 1 unspecified atom stereocenters. The Balaban J connectivity index is 2.03. The Labute approximate surface area is 152 Å². The monoisotopic (exact) mass is 354 g/mol. The molecule has 0 aliphatic carbocycles. The first-order valence-electron chi connectivity index (χ1n) is 8.29. The molecule has 0 saturated carbocycles. The minimum Gasteiger partial charge on any atom is -0.481 e. The second-order valence-corrected chi connectivity index (χ2v) is 6.10. The maximum Gasteiger partial charge on any atom is 0.308 e. The van der Waals surface area contributed by atoms with Crippen molar-refractivity contribution in [2.24, 2.45) is 5.92 Å². The maximum atomic E-state index is 12.3. The minimum atomic E-state index is -0.967. The van der Waals surface area contributed by atoms with Crippen LogP contribution in [0, 0.1) is 12.8 Å². The molecule has 0 saturated heterocycles. The van der Waals surface area contributed by atoms with Gasteiger partial charge in [0.25, 0.3) is 11.8 Å². The summed E-state index contributed by atoms with van der Waals surface area (Å²) in [6.45, 7) is 1.95. The van der Waals surface area contributed by atoms with Crippen LogP contribution >= 0.6 is 0 Å². The van der Waals surface area contributed by atoms with E-state index in [2.05, 4.69) is 10.6 Å². The highest BCUT2D eigenvalue weighted by Gasteiger charge is 2.20. The first kappa shape index (κ1) is 19.2. The van der Waals surface area contributed by atoms with Gasteiger partial charge in [0.05, 0.1) is 5.92 Å². The van der Waals surface area contributed by atoms with Gasteiger partial charge in [-0.3, -0.25) is 14.4 Å². The lowest BCUT2D eigenvalue weighted by molar-refractivity contribution is -0.141. The number of carbonyl (C=O) groups is 3. The van der Waals surface area contributed by atoms with Crippen molar-refractivity contribution in [1.82, 2.24) is 10.6 Å². The van der Waals surface area contributed by atoms with E-state index >= 15 is 0 Å². The number of benzene rings is 2. The van der Waals surface area contributed by atoms with Crippen molar-refractivity contribution in [3.8, 4) is 0 Å². The first-order chi connectivity index (χ1) is 12.4. The second kappa shape index (κ2) is 8.80. The van der Waals surface area contributed by atoms with Gasteiger partial charge in [-0.25, -0.2) is 0 Å². The van der Waals surface area contributed by atoms with Gasteiger partial charge in [0.2, 0.25) is 0 Å². The van der Waals surface area contributed by atoms with Crippen molar-refractivity contribution in [2.75, 3.05) is 13.6 Å². The number of carbonyl (C=O) groups excluding carboxylic acids is 2. The van der Waals surface area contributed by atoms with E-state index < -0.39 is 17.8 Å². The van der Waals surface area contributed by atoms with E-state index in [0.29, 0.717) is 17.5 Å². The molecule has 2 rings (SSSR count). The summed E-state index contributed by atoms with van der Waals surface area (Å²) in [7, 11) is 1.51. The van der Waals surface area contributed by atoms with Gasteiger partial charge in [0.15, 0.2) is 0 Å². The number of rotatable bonds is 7. The van der Waals surface area contributed by atoms with E-state index in [9.17, 15) is 19.5 Å². The van der Waals surface area contributed by atoms with E-state index in [1.54, 1.807) is 18.2 Å². The predicted octanol–water partition coefficient (Wildman–Crippen LogP) is 2.03. The van der Waals surface area contributed by atoms with Crippen LogP contribution in [0.3, 0.4) is 0 Å². The molecule has 2 aromatic carbocycles. The lowest BCUT2D eigenvalue weighted by Crippen LogP contribution is -2.34. The number of nitrogens with one attached hydrogen (secondary N) is 2. The average molecular weight is 354 g/mol. The number of hydrogen-bond acceptors (Lipinski definition) is 3. The quantitative estimate of drug-likeness (QED) is 0.709. The van der Waals surface area contributed by atoms with Gasteiger partial charge >= 0.3 is 5.97 Å². The zero-order valence-corrected chi connectivity index (χ0v) is 14.8. The largest absolute Gasteiger partial charge is 0.481 e. The Morgan fingerprint density at radius 1 is 1.00 bits per heavy atom. The van der Waals surface area contributed by atoms with Gasteiger partial charge in [-0.15, -0.1) is 0 Å². The van der Waals surface area contributed by atoms with Crippen molar-refractivity contribution in [2.45, 2.75) is 13.3 Å². The number of amides is 2. The van der Waals surface area contributed by atoms with Gasteiger partial charge in [0, 0.05) is 24.7 Å². The molecule has 2 aromatic rings. The molecule has 6 nitrogen and oxygen atoms in total. The minimum absolute atomic E-state index is 0.00626.